The molecule has 8 heteroatoms. The molecule has 0 radical (unpaired) electrons. The van der Waals surface area contributed by atoms with E-state index in [1.165, 1.54) is 30.6 Å². The van der Waals surface area contributed by atoms with Crippen molar-refractivity contribution in [3.63, 3.8) is 0 Å². The van der Waals surface area contributed by atoms with Crippen molar-refractivity contribution in [2.45, 2.75) is 11.8 Å². The molecule has 2 aromatic rings. The standard InChI is InChI=1S/C21H27N3O4S/c1-4-23-12-14-24(15-13-23)21(25)17-6-5-7-18(16-17)22(2)29(26,27)20-10-8-19(28-3)9-11-20/h5-11,16H,4,12-15H2,1-3H3. The molecule has 1 amide bonds. The molecule has 0 unspecified atom stereocenters. The second-order valence-corrected chi connectivity index (χ2v) is 8.89. The van der Waals surface area contributed by atoms with Crippen molar-refractivity contribution in [1.82, 2.24) is 9.80 Å². The van der Waals surface area contributed by atoms with Gasteiger partial charge >= 0.3 is 0 Å². The third kappa shape index (κ3) is 4.54. The van der Waals surface area contributed by atoms with Gasteiger partial charge in [-0.1, -0.05) is 13.0 Å². The Hall–Kier alpha value is -2.58. The Morgan fingerprint density at radius 1 is 1.07 bits per heavy atom. The summed E-state index contributed by atoms with van der Waals surface area (Å²) < 4.78 is 32.2. The van der Waals surface area contributed by atoms with Crippen LogP contribution in [0.1, 0.15) is 17.3 Å². The molecule has 3 rings (SSSR count). The van der Waals surface area contributed by atoms with Gasteiger partial charge in [-0.25, -0.2) is 8.42 Å². The number of likely N-dealkylation sites (N-methyl/N-ethyl adjacent to an activating group) is 1. The fourth-order valence-electron chi connectivity index (χ4n) is 3.33. The molecule has 156 valence electrons. The number of benzene rings is 2. The number of sulfonamides is 1. The largest absolute Gasteiger partial charge is 0.497 e. The molecular weight excluding hydrogens is 390 g/mol. The second kappa shape index (κ2) is 8.84. The molecule has 0 spiro atoms. The maximum absolute atomic E-state index is 13.0. The Morgan fingerprint density at radius 2 is 1.72 bits per heavy atom. The summed E-state index contributed by atoms with van der Waals surface area (Å²) in [5, 5.41) is 0. The van der Waals surface area contributed by atoms with E-state index >= 15 is 0 Å². The van der Waals surface area contributed by atoms with Gasteiger partial charge in [-0.3, -0.25) is 9.10 Å². The number of hydrogen-bond acceptors (Lipinski definition) is 5. The van der Waals surface area contributed by atoms with Gasteiger partial charge in [0, 0.05) is 38.8 Å². The van der Waals surface area contributed by atoms with Crippen molar-refractivity contribution in [3.05, 3.63) is 54.1 Å². The summed E-state index contributed by atoms with van der Waals surface area (Å²) in [6.07, 6.45) is 0. The van der Waals surface area contributed by atoms with Crippen LogP contribution < -0.4 is 9.04 Å². The Kier molecular flexibility index (Phi) is 6.44. The average molecular weight is 418 g/mol. The Morgan fingerprint density at radius 3 is 2.31 bits per heavy atom. The van der Waals surface area contributed by atoms with Crippen LogP contribution in [-0.4, -0.2) is 71.0 Å². The molecule has 1 aliphatic heterocycles. The number of rotatable bonds is 6. The average Bonchev–Trinajstić information content (AvgIpc) is 2.78. The van der Waals surface area contributed by atoms with Gasteiger partial charge in [0.2, 0.25) is 0 Å². The third-order valence-electron chi connectivity index (χ3n) is 5.28. The molecular formula is C21H27N3O4S. The van der Waals surface area contributed by atoms with Crippen molar-refractivity contribution < 1.29 is 17.9 Å². The summed E-state index contributed by atoms with van der Waals surface area (Å²) in [7, 11) is -0.732. The van der Waals surface area contributed by atoms with E-state index in [1.54, 1.807) is 36.4 Å². The third-order valence-corrected chi connectivity index (χ3v) is 7.08. The smallest absolute Gasteiger partial charge is 0.264 e. The van der Waals surface area contributed by atoms with E-state index in [-0.39, 0.29) is 10.8 Å². The molecule has 0 atom stereocenters. The molecule has 1 fully saturated rings. The zero-order valence-corrected chi connectivity index (χ0v) is 17.9. The molecule has 0 aromatic heterocycles. The van der Waals surface area contributed by atoms with Crippen LogP contribution in [0.4, 0.5) is 5.69 Å². The topological polar surface area (TPSA) is 70.2 Å². The molecule has 0 saturated carbocycles. The highest BCUT2D eigenvalue weighted by Gasteiger charge is 2.24. The molecule has 1 aliphatic rings. The van der Waals surface area contributed by atoms with Crippen molar-refractivity contribution >= 4 is 21.6 Å². The first-order valence-electron chi connectivity index (χ1n) is 9.61. The lowest BCUT2D eigenvalue weighted by Gasteiger charge is -2.34. The van der Waals surface area contributed by atoms with Gasteiger partial charge in [-0.15, -0.1) is 0 Å². The van der Waals surface area contributed by atoms with Gasteiger partial charge < -0.3 is 14.5 Å². The number of nitrogens with zero attached hydrogens (tertiary/aromatic N) is 3. The first kappa shape index (κ1) is 21.1. The van der Waals surface area contributed by atoms with Crippen molar-refractivity contribution in [2.75, 3.05) is 51.2 Å². The maximum atomic E-state index is 13.0. The molecule has 29 heavy (non-hydrogen) atoms. The van der Waals surface area contributed by atoms with E-state index in [4.69, 9.17) is 4.74 Å². The zero-order valence-electron chi connectivity index (χ0n) is 17.0. The number of carbonyl (C=O) groups is 1. The Bertz CT molecular complexity index is 952. The van der Waals surface area contributed by atoms with E-state index in [9.17, 15) is 13.2 Å². The van der Waals surface area contributed by atoms with Crippen LogP contribution in [0, 0.1) is 0 Å². The predicted molar refractivity (Wildman–Crippen MR) is 113 cm³/mol. The van der Waals surface area contributed by atoms with Gasteiger partial charge in [-0.05, 0) is 49.0 Å². The number of anilines is 1. The van der Waals surface area contributed by atoms with E-state index in [0.29, 0.717) is 30.1 Å². The van der Waals surface area contributed by atoms with E-state index < -0.39 is 10.0 Å². The molecule has 1 heterocycles. The molecule has 0 aliphatic carbocycles. The monoisotopic (exact) mass is 417 g/mol. The molecule has 1 saturated heterocycles. The number of carbonyl (C=O) groups excluding carboxylic acids is 1. The fourth-order valence-corrected chi connectivity index (χ4v) is 4.52. The zero-order chi connectivity index (χ0) is 21.0. The Labute approximate surface area is 172 Å². The molecule has 2 aromatic carbocycles. The van der Waals surface area contributed by atoms with Crippen LogP contribution in [0.5, 0.6) is 5.75 Å². The summed E-state index contributed by atoms with van der Waals surface area (Å²) in [6, 6.07) is 13.0. The van der Waals surface area contributed by atoms with Gasteiger partial charge in [0.25, 0.3) is 15.9 Å². The lowest BCUT2D eigenvalue weighted by atomic mass is 10.1. The first-order valence-corrected chi connectivity index (χ1v) is 11.1. The summed E-state index contributed by atoms with van der Waals surface area (Å²) in [4.78, 5) is 17.2. The number of ether oxygens (including phenoxy) is 1. The number of piperazine rings is 1. The van der Waals surface area contributed by atoms with Gasteiger partial charge in [0.15, 0.2) is 0 Å². The Balaban J connectivity index is 1.80. The van der Waals surface area contributed by atoms with E-state index in [2.05, 4.69) is 11.8 Å². The number of hydrogen-bond donors (Lipinski definition) is 0. The van der Waals surface area contributed by atoms with Crippen LogP contribution in [0.15, 0.2) is 53.4 Å². The van der Waals surface area contributed by atoms with Crippen LogP contribution in [0.2, 0.25) is 0 Å². The van der Waals surface area contributed by atoms with Crippen LogP contribution in [0.3, 0.4) is 0 Å². The van der Waals surface area contributed by atoms with Crippen LogP contribution >= 0.6 is 0 Å². The minimum atomic E-state index is -3.75. The highest BCUT2D eigenvalue weighted by molar-refractivity contribution is 7.92. The summed E-state index contributed by atoms with van der Waals surface area (Å²) >= 11 is 0. The lowest BCUT2D eigenvalue weighted by molar-refractivity contribution is 0.0643. The van der Waals surface area contributed by atoms with Gasteiger partial charge in [0.1, 0.15) is 5.75 Å². The van der Waals surface area contributed by atoms with Crippen molar-refractivity contribution in [3.8, 4) is 5.75 Å². The summed E-state index contributed by atoms with van der Waals surface area (Å²) in [5.74, 6) is 0.514. The summed E-state index contributed by atoms with van der Waals surface area (Å²) in [5.41, 5.74) is 0.933. The predicted octanol–water partition coefficient (Wildman–Crippen LogP) is 2.30. The molecule has 0 N–H and O–H groups in total. The second-order valence-electron chi connectivity index (χ2n) is 6.92. The van der Waals surface area contributed by atoms with Crippen molar-refractivity contribution in [2.24, 2.45) is 0 Å². The minimum absolute atomic E-state index is 0.0714. The van der Waals surface area contributed by atoms with Crippen molar-refractivity contribution in [1.29, 1.82) is 0 Å². The number of amides is 1. The highest BCUT2D eigenvalue weighted by atomic mass is 32.2. The lowest BCUT2D eigenvalue weighted by Crippen LogP contribution is -2.48. The molecule has 7 nitrogen and oxygen atoms in total. The van der Waals surface area contributed by atoms with Crippen LogP contribution in [0.25, 0.3) is 0 Å². The quantitative estimate of drug-likeness (QED) is 0.721. The van der Waals surface area contributed by atoms with E-state index in [0.717, 1.165) is 19.6 Å². The van der Waals surface area contributed by atoms with Gasteiger partial charge in [0.05, 0.1) is 17.7 Å². The summed E-state index contributed by atoms with van der Waals surface area (Å²) in [6.45, 7) is 6.15. The molecule has 0 bridgehead atoms. The SMILES string of the molecule is CCN1CCN(C(=O)c2cccc(N(C)S(=O)(=O)c3ccc(OC)cc3)c2)CC1. The maximum Gasteiger partial charge on any atom is 0.264 e. The normalized spacial score (nSPS) is 15.2. The van der Waals surface area contributed by atoms with Gasteiger partial charge in [-0.2, -0.15) is 0 Å². The highest BCUT2D eigenvalue weighted by Crippen LogP contribution is 2.25. The van der Waals surface area contributed by atoms with Crippen LogP contribution in [-0.2, 0) is 10.0 Å². The van der Waals surface area contributed by atoms with E-state index in [1.807, 2.05) is 4.90 Å². The minimum Gasteiger partial charge on any atom is -0.497 e. The fraction of sp³-hybridized carbons (Fsp3) is 0.381. The first-order chi connectivity index (χ1) is 13.9. The number of methoxy groups -OCH3 is 1.